The van der Waals surface area contributed by atoms with Crippen LogP contribution in [0.25, 0.3) is 0 Å². The minimum Gasteiger partial charge on any atom is -0.322 e. The molecule has 1 unspecified atom stereocenters. The van der Waals surface area contributed by atoms with Crippen LogP contribution in [0.1, 0.15) is 24.6 Å². The lowest BCUT2D eigenvalue weighted by molar-refractivity contribution is -0.145. The molecule has 0 saturated carbocycles. The lowest BCUT2D eigenvalue weighted by Gasteiger charge is -2.01. The maximum absolute atomic E-state index is 12.1. The summed E-state index contributed by atoms with van der Waals surface area (Å²) in [5.74, 6) is -1.03. The Morgan fingerprint density at radius 1 is 1.46 bits per heavy atom. The number of rotatable bonds is 1. The standard InChI is InChI=1S/C6H9F3N4/c1-3(10)4-11-5(6(7,8)9)12-13(4)2/h3H,10H2,1-2H3. The number of aryl methyl sites for hydroxylation is 1. The van der Waals surface area contributed by atoms with Crippen LogP contribution in [0.3, 0.4) is 0 Å². The van der Waals surface area contributed by atoms with Gasteiger partial charge in [0.05, 0.1) is 6.04 Å². The molecule has 0 aliphatic carbocycles. The Labute approximate surface area is 72.6 Å². The Morgan fingerprint density at radius 3 is 2.23 bits per heavy atom. The average Bonchev–Trinajstić information content (AvgIpc) is 2.29. The average molecular weight is 194 g/mol. The summed E-state index contributed by atoms with van der Waals surface area (Å²) in [6, 6.07) is -0.561. The number of hydrogen-bond acceptors (Lipinski definition) is 3. The van der Waals surface area contributed by atoms with Crippen molar-refractivity contribution in [2.75, 3.05) is 0 Å². The van der Waals surface area contributed by atoms with Crippen molar-refractivity contribution in [2.24, 2.45) is 12.8 Å². The van der Waals surface area contributed by atoms with Gasteiger partial charge in [-0.15, -0.1) is 5.10 Å². The van der Waals surface area contributed by atoms with Crippen LogP contribution in [0.4, 0.5) is 13.2 Å². The van der Waals surface area contributed by atoms with Gasteiger partial charge in [-0.3, -0.25) is 4.68 Å². The van der Waals surface area contributed by atoms with Gasteiger partial charge in [0.25, 0.3) is 5.82 Å². The van der Waals surface area contributed by atoms with Crippen molar-refractivity contribution in [3.8, 4) is 0 Å². The molecule has 13 heavy (non-hydrogen) atoms. The molecular formula is C6H9F3N4. The molecule has 0 spiro atoms. The number of nitrogens with zero attached hydrogens (tertiary/aromatic N) is 3. The summed E-state index contributed by atoms with van der Waals surface area (Å²) in [6.45, 7) is 1.55. The van der Waals surface area contributed by atoms with E-state index in [1.165, 1.54) is 7.05 Å². The number of halogens is 3. The van der Waals surface area contributed by atoms with Gasteiger partial charge in [-0.2, -0.15) is 13.2 Å². The lowest BCUT2D eigenvalue weighted by Crippen LogP contribution is -2.11. The molecule has 0 amide bonds. The second kappa shape index (κ2) is 2.99. The third-order valence-electron chi connectivity index (χ3n) is 1.46. The highest BCUT2D eigenvalue weighted by Gasteiger charge is 2.36. The molecule has 7 heteroatoms. The summed E-state index contributed by atoms with van der Waals surface area (Å²) >= 11 is 0. The Kier molecular flexibility index (Phi) is 2.29. The molecular weight excluding hydrogens is 185 g/mol. The summed E-state index contributed by atoms with van der Waals surface area (Å²) < 4.78 is 37.2. The minimum absolute atomic E-state index is 0.118. The molecule has 1 atom stereocenters. The Hall–Kier alpha value is -1.11. The molecule has 0 aromatic carbocycles. The smallest absolute Gasteiger partial charge is 0.322 e. The minimum atomic E-state index is -4.51. The summed E-state index contributed by atoms with van der Waals surface area (Å²) in [5.41, 5.74) is 5.38. The monoisotopic (exact) mass is 194 g/mol. The number of hydrogen-bond donors (Lipinski definition) is 1. The van der Waals surface area contributed by atoms with Crippen molar-refractivity contribution in [3.63, 3.8) is 0 Å². The lowest BCUT2D eigenvalue weighted by atomic mass is 10.3. The molecule has 2 N–H and O–H groups in total. The molecule has 1 rings (SSSR count). The number of nitrogens with two attached hydrogens (primary N) is 1. The van der Waals surface area contributed by atoms with E-state index in [1.54, 1.807) is 6.92 Å². The fourth-order valence-corrected chi connectivity index (χ4v) is 0.913. The zero-order valence-electron chi connectivity index (χ0n) is 7.13. The highest BCUT2D eigenvalue weighted by molar-refractivity contribution is 4.99. The summed E-state index contributed by atoms with van der Waals surface area (Å²) in [7, 11) is 1.38. The predicted molar refractivity (Wildman–Crippen MR) is 38.6 cm³/mol. The van der Waals surface area contributed by atoms with Crippen molar-refractivity contribution < 1.29 is 13.2 Å². The van der Waals surface area contributed by atoms with E-state index in [9.17, 15) is 13.2 Å². The molecule has 1 aromatic heterocycles. The zero-order valence-corrected chi connectivity index (χ0v) is 7.13. The van der Waals surface area contributed by atoms with Crippen molar-refractivity contribution in [1.29, 1.82) is 0 Å². The first-order valence-corrected chi connectivity index (χ1v) is 3.56. The van der Waals surface area contributed by atoms with Crippen LogP contribution in [0.2, 0.25) is 0 Å². The first-order valence-electron chi connectivity index (χ1n) is 3.56. The molecule has 0 aliphatic heterocycles. The molecule has 0 saturated heterocycles. The van der Waals surface area contributed by atoms with Crippen LogP contribution in [-0.4, -0.2) is 14.8 Å². The van der Waals surface area contributed by atoms with Crippen LogP contribution in [0, 0.1) is 0 Å². The van der Waals surface area contributed by atoms with E-state index in [1.807, 2.05) is 0 Å². The maximum atomic E-state index is 12.1. The third-order valence-corrected chi connectivity index (χ3v) is 1.46. The van der Waals surface area contributed by atoms with Crippen LogP contribution in [0.5, 0.6) is 0 Å². The van der Waals surface area contributed by atoms with E-state index in [-0.39, 0.29) is 5.82 Å². The topological polar surface area (TPSA) is 56.7 Å². The first-order chi connectivity index (χ1) is 5.82. The van der Waals surface area contributed by atoms with E-state index in [2.05, 4.69) is 10.1 Å². The largest absolute Gasteiger partial charge is 0.453 e. The number of aromatic nitrogens is 3. The molecule has 0 radical (unpaired) electrons. The van der Waals surface area contributed by atoms with E-state index in [0.29, 0.717) is 0 Å². The van der Waals surface area contributed by atoms with Gasteiger partial charge in [0, 0.05) is 7.05 Å². The van der Waals surface area contributed by atoms with Gasteiger partial charge in [-0.1, -0.05) is 0 Å². The van der Waals surface area contributed by atoms with Gasteiger partial charge < -0.3 is 5.73 Å². The van der Waals surface area contributed by atoms with E-state index >= 15 is 0 Å². The van der Waals surface area contributed by atoms with Crippen LogP contribution in [-0.2, 0) is 13.2 Å². The molecule has 0 fully saturated rings. The van der Waals surface area contributed by atoms with Crippen molar-refractivity contribution >= 4 is 0 Å². The first kappa shape index (κ1) is 9.97. The molecule has 74 valence electrons. The predicted octanol–water partition coefficient (Wildman–Crippen LogP) is 0.854. The van der Waals surface area contributed by atoms with E-state index in [0.717, 1.165) is 4.68 Å². The van der Waals surface area contributed by atoms with Gasteiger partial charge in [-0.25, -0.2) is 4.98 Å². The third kappa shape index (κ3) is 1.97. The molecule has 0 aliphatic rings. The molecule has 0 bridgehead atoms. The van der Waals surface area contributed by atoms with Crippen molar-refractivity contribution in [2.45, 2.75) is 19.1 Å². The zero-order chi connectivity index (χ0) is 10.2. The van der Waals surface area contributed by atoms with Gasteiger partial charge in [0.1, 0.15) is 5.82 Å². The summed E-state index contributed by atoms with van der Waals surface area (Å²) in [5, 5.41) is 3.20. The van der Waals surface area contributed by atoms with Crippen LogP contribution < -0.4 is 5.73 Å². The fraction of sp³-hybridized carbons (Fsp3) is 0.667. The van der Waals surface area contributed by atoms with Crippen molar-refractivity contribution in [1.82, 2.24) is 14.8 Å². The van der Waals surface area contributed by atoms with Gasteiger partial charge >= 0.3 is 6.18 Å². The summed E-state index contributed by atoms with van der Waals surface area (Å²) in [6.07, 6.45) is -4.51. The highest BCUT2D eigenvalue weighted by Crippen LogP contribution is 2.26. The SMILES string of the molecule is CC(N)c1nc(C(F)(F)F)nn1C. The quantitative estimate of drug-likeness (QED) is 0.721. The highest BCUT2D eigenvalue weighted by atomic mass is 19.4. The second-order valence-corrected chi connectivity index (χ2v) is 2.70. The number of alkyl halides is 3. The maximum Gasteiger partial charge on any atom is 0.453 e. The molecule has 1 aromatic rings. The Morgan fingerprint density at radius 2 is 2.00 bits per heavy atom. The Balaban J connectivity index is 3.10. The summed E-state index contributed by atoms with van der Waals surface area (Å²) in [4.78, 5) is 3.28. The van der Waals surface area contributed by atoms with Crippen molar-refractivity contribution in [3.05, 3.63) is 11.6 Å². The van der Waals surface area contributed by atoms with E-state index < -0.39 is 18.0 Å². The second-order valence-electron chi connectivity index (χ2n) is 2.70. The van der Waals surface area contributed by atoms with Gasteiger partial charge in [0.15, 0.2) is 0 Å². The molecule has 1 heterocycles. The van der Waals surface area contributed by atoms with Gasteiger partial charge in [0.2, 0.25) is 0 Å². The Bertz CT molecular complexity index is 301. The van der Waals surface area contributed by atoms with Gasteiger partial charge in [-0.05, 0) is 6.92 Å². The normalized spacial score (nSPS) is 14.6. The molecule has 4 nitrogen and oxygen atoms in total. The fourth-order valence-electron chi connectivity index (χ4n) is 0.913. The van der Waals surface area contributed by atoms with Crippen LogP contribution >= 0.6 is 0 Å². The van der Waals surface area contributed by atoms with Crippen LogP contribution in [0.15, 0.2) is 0 Å². The van der Waals surface area contributed by atoms with E-state index in [4.69, 9.17) is 5.73 Å².